The summed E-state index contributed by atoms with van der Waals surface area (Å²) in [5.74, 6) is 0.710. The second-order valence-electron chi connectivity index (χ2n) is 5.61. The van der Waals surface area contributed by atoms with Gasteiger partial charge in [0.1, 0.15) is 6.61 Å². The highest BCUT2D eigenvalue weighted by atomic mass is 16.5. The number of anilines is 1. The van der Waals surface area contributed by atoms with Gasteiger partial charge in [0.15, 0.2) is 0 Å². The van der Waals surface area contributed by atoms with Crippen LogP contribution in [0.4, 0.5) is 5.95 Å². The maximum absolute atomic E-state index is 12.0. The number of pyridine rings is 1. The second-order valence-corrected chi connectivity index (χ2v) is 5.61. The van der Waals surface area contributed by atoms with Gasteiger partial charge >= 0.3 is 0 Å². The third kappa shape index (κ3) is 3.86. The first-order valence-electron chi connectivity index (χ1n) is 8.04. The lowest BCUT2D eigenvalue weighted by atomic mass is 10.2. The van der Waals surface area contributed by atoms with E-state index in [-0.39, 0.29) is 12.5 Å². The highest BCUT2D eigenvalue weighted by molar-refractivity contribution is 5.77. The summed E-state index contributed by atoms with van der Waals surface area (Å²) in [6.07, 6.45) is 4.39. The van der Waals surface area contributed by atoms with E-state index in [2.05, 4.69) is 19.9 Å². The van der Waals surface area contributed by atoms with E-state index in [9.17, 15) is 4.79 Å². The molecule has 0 radical (unpaired) electrons. The van der Waals surface area contributed by atoms with Crippen molar-refractivity contribution in [2.45, 2.75) is 6.42 Å². The Morgan fingerprint density at radius 2 is 2.00 bits per heavy atom. The molecule has 126 valence electrons. The lowest BCUT2D eigenvalue weighted by molar-refractivity contribution is -0.134. The molecule has 24 heavy (non-hydrogen) atoms. The molecule has 0 atom stereocenters. The predicted octanol–water partition coefficient (Wildman–Crippen LogP) is 1.22. The molecule has 1 amide bonds. The first kappa shape index (κ1) is 16.3. The number of ether oxygens (including phenoxy) is 1. The summed E-state index contributed by atoms with van der Waals surface area (Å²) in [4.78, 5) is 29.3. The van der Waals surface area contributed by atoms with E-state index in [1.807, 2.05) is 29.2 Å². The van der Waals surface area contributed by atoms with E-state index in [0.29, 0.717) is 19.0 Å². The molecule has 1 aliphatic rings. The Morgan fingerprint density at radius 1 is 1.08 bits per heavy atom. The van der Waals surface area contributed by atoms with Crippen molar-refractivity contribution in [3.63, 3.8) is 0 Å². The molecule has 0 N–H and O–H groups in total. The van der Waals surface area contributed by atoms with Crippen LogP contribution in [-0.2, 0) is 9.53 Å². The Labute approximate surface area is 141 Å². The molecule has 0 unspecified atom stereocenters. The first-order chi connectivity index (χ1) is 11.8. The van der Waals surface area contributed by atoms with E-state index in [1.54, 1.807) is 19.5 Å². The molecule has 0 aliphatic carbocycles. The van der Waals surface area contributed by atoms with E-state index in [4.69, 9.17) is 4.74 Å². The standard InChI is InChI=1S/C17H21N5O2/c1-24-13-16(23)21-9-4-10-22(12-11-21)17-19-8-6-15(20-17)14-5-2-3-7-18-14/h2-3,5-8H,4,9-13H2,1H3. The van der Waals surface area contributed by atoms with Gasteiger partial charge in [-0.1, -0.05) is 6.07 Å². The zero-order valence-electron chi connectivity index (χ0n) is 13.8. The maximum Gasteiger partial charge on any atom is 0.248 e. The summed E-state index contributed by atoms with van der Waals surface area (Å²) < 4.78 is 4.94. The van der Waals surface area contributed by atoms with Gasteiger partial charge < -0.3 is 14.5 Å². The smallest absolute Gasteiger partial charge is 0.248 e. The Morgan fingerprint density at radius 3 is 2.79 bits per heavy atom. The van der Waals surface area contributed by atoms with Crippen molar-refractivity contribution < 1.29 is 9.53 Å². The number of aromatic nitrogens is 3. The second kappa shape index (κ2) is 7.83. The fourth-order valence-corrected chi connectivity index (χ4v) is 2.74. The van der Waals surface area contributed by atoms with Crippen LogP contribution in [0.1, 0.15) is 6.42 Å². The molecule has 0 spiro atoms. The number of amides is 1. The molecule has 7 heteroatoms. The molecular weight excluding hydrogens is 306 g/mol. The lowest BCUT2D eigenvalue weighted by Gasteiger charge is -2.22. The zero-order chi connectivity index (χ0) is 16.8. The molecule has 1 aliphatic heterocycles. The van der Waals surface area contributed by atoms with E-state index in [1.165, 1.54) is 0 Å². The molecule has 7 nitrogen and oxygen atoms in total. The van der Waals surface area contributed by atoms with Gasteiger partial charge in [0, 0.05) is 45.7 Å². The summed E-state index contributed by atoms with van der Waals surface area (Å²) in [6, 6.07) is 7.61. The Balaban J connectivity index is 1.72. The van der Waals surface area contributed by atoms with Crippen LogP contribution in [0.25, 0.3) is 11.4 Å². The summed E-state index contributed by atoms with van der Waals surface area (Å²) in [5.41, 5.74) is 1.63. The van der Waals surface area contributed by atoms with Crippen molar-refractivity contribution in [1.29, 1.82) is 0 Å². The van der Waals surface area contributed by atoms with Crippen LogP contribution in [0.15, 0.2) is 36.7 Å². The van der Waals surface area contributed by atoms with E-state index < -0.39 is 0 Å². The van der Waals surface area contributed by atoms with Gasteiger partial charge in [-0.15, -0.1) is 0 Å². The number of carbonyl (C=O) groups excluding carboxylic acids is 1. The molecule has 0 aromatic carbocycles. The van der Waals surface area contributed by atoms with Gasteiger partial charge in [0.2, 0.25) is 11.9 Å². The molecular formula is C17H21N5O2. The normalized spacial score (nSPS) is 15.2. The number of nitrogens with zero attached hydrogens (tertiary/aromatic N) is 5. The maximum atomic E-state index is 12.0. The largest absolute Gasteiger partial charge is 0.375 e. The summed E-state index contributed by atoms with van der Waals surface area (Å²) in [7, 11) is 1.54. The minimum absolute atomic E-state index is 0.0301. The third-order valence-electron chi connectivity index (χ3n) is 3.97. The van der Waals surface area contributed by atoms with E-state index >= 15 is 0 Å². The van der Waals surface area contributed by atoms with Crippen LogP contribution in [-0.4, -0.2) is 65.7 Å². The average Bonchev–Trinajstić information content (AvgIpc) is 2.89. The summed E-state index contributed by atoms with van der Waals surface area (Å²) >= 11 is 0. The molecule has 3 rings (SSSR count). The van der Waals surface area contributed by atoms with Crippen LogP contribution < -0.4 is 4.90 Å². The predicted molar refractivity (Wildman–Crippen MR) is 90.5 cm³/mol. The Kier molecular flexibility index (Phi) is 5.32. The van der Waals surface area contributed by atoms with Gasteiger partial charge in [-0.25, -0.2) is 9.97 Å². The fourth-order valence-electron chi connectivity index (χ4n) is 2.74. The number of carbonyl (C=O) groups is 1. The van der Waals surface area contributed by atoms with Crippen molar-refractivity contribution in [1.82, 2.24) is 19.9 Å². The average molecular weight is 327 g/mol. The molecule has 3 heterocycles. The number of hydrogen-bond acceptors (Lipinski definition) is 6. The minimum atomic E-state index is 0.0301. The van der Waals surface area contributed by atoms with Gasteiger partial charge in [0.25, 0.3) is 0 Å². The van der Waals surface area contributed by atoms with Crippen LogP contribution in [0.2, 0.25) is 0 Å². The molecule has 2 aromatic rings. The Bertz CT molecular complexity index is 680. The van der Waals surface area contributed by atoms with Crippen LogP contribution in [0.5, 0.6) is 0 Å². The number of hydrogen-bond donors (Lipinski definition) is 0. The van der Waals surface area contributed by atoms with E-state index in [0.717, 1.165) is 30.9 Å². The van der Waals surface area contributed by atoms with Crippen LogP contribution in [0.3, 0.4) is 0 Å². The molecule has 0 bridgehead atoms. The van der Waals surface area contributed by atoms with Crippen molar-refractivity contribution >= 4 is 11.9 Å². The quantitative estimate of drug-likeness (QED) is 0.841. The molecule has 0 saturated carbocycles. The third-order valence-corrected chi connectivity index (χ3v) is 3.97. The fraction of sp³-hybridized carbons (Fsp3) is 0.412. The molecule has 1 saturated heterocycles. The number of methoxy groups -OCH3 is 1. The topological polar surface area (TPSA) is 71.5 Å². The van der Waals surface area contributed by atoms with Crippen LogP contribution >= 0.6 is 0 Å². The zero-order valence-corrected chi connectivity index (χ0v) is 13.8. The van der Waals surface area contributed by atoms with Gasteiger partial charge in [-0.3, -0.25) is 9.78 Å². The van der Waals surface area contributed by atoms with Gasteiger partial charge in [-0.2, -0.15) is 0 Å². The SMILES string of the molecule is COCC(=O)N1CCCN(c2nccc(-c3ccccn3)n2)CC1. The van der Waals surface area contributed by atoms with Crippen molar-refractivity contribution in [2.24, 2.45) is 0 Å². The van der Waals surface area contributed by atoms with Crippen molar-refractivity contribution in [3.8, 4) is 11.4 Å². The molecule has 2 aromatic heterocycles. The van der Waals surface area contributed by atoms with Crippen molar-refractivity contribution in [3.05, 3.63) is 36.7 Å². The first-order valence-corrected chi connectivity index (χ1v) is 8.04. The highest BCUT2D eigenvalue weighted by Gasteiger charge is 2.20. The monoisotopic (exact) mass is 327 g/mol. The summed E-state index contributed by atoms with van der Waals surface area (Å²) in [5, 5.41) is 0. The minimum Gasteiger partial charge on any atom is -0.375 e. The van der Waals surface area contributed by atoms with Gasteiger partial charge in [-0.05, 0) is 24.6 Å². The highest BCUT2D eigenvalue weighted by Crippen LogP contribution is 2.17. The Hall–Kier alpha value is -2.54. The van der Waals surface area contributed by atoms with Gasteiger partial charge in [0.05, 0.1) is 11.4 Å². The molecule has 1 fully saturated rings. The number of rotatable bonds is 4. The van der Waals surface area contributed by atoms with Crippen LogP contribution in [0, 0.1) is 0 Å². The summed E-state index contributed by atoms with van der Waals surface area (Å²) in [6.45, 7) is 3.05. The van der Waals surface area contributed by atoms with Crippen molar-refractivity contribution in [2.75, 3.05) is 44.8 Å². The lowest BCUT2D eigenvalue weighted by Crippen LogP contribution is -2.37.